The number of halogens is 3. The number of nitrogens with one attached hydrogen (secondary N) is 2. The minimum atomic E-state index is -3.75. The molecule has 1 aromatic heterocycles. The van der Waals surface area contributed by atoms with Gasteiger partial charge in [0, 0.05) is 39.0 Å². The van der Waals surface area contributed by atoms with Crippen LogP contribution in [-0.2, 0) is 20.4 Å². The fourth-order valence-corrected chi connectivity index (χ4v) is 4.53. The van der Waals surface area contributed by atoms with Crippen molar-refractivity contribution < 1.29 is 46.7 Å². The van der Waals surface area contributed by atoms with E-state index in [-0.39, 0.29) is 33.5 Å². The second-order valence-corrected chi connectivity index (χ2v) is 10.2. The van der Waals surface area contributed by atoms with Crippen LogP contribution in [0, 0.1) is 5.82 Å². The number of anilines is 1. The molecular weight excluding hydrogens is 493 g/mol. The van der Waals surface area contributed by atoms with E-state index in [9.17, 15) is 18.0 Å². The Morgan fingerprint density at radius 1 is 1.19 bits per heavy atom. The summed E-state index contributed by atoms with van der Waals surface area (Å²) in [4.78, 5) is 16.4. The third-order valence-electron chi connectivity index (χ3n) is 6.96. The van der Waals surface area contributed by atoms with Crippen molar-refractivity contribution in [2.45, 2.75) is 56.5 Å². The number of H-pyrrole nitrogens is 1. The van der Waals surface area contributed by atoms with Gasteiger partial charge in [-0.05, 0) is 49.1 Å². The second kappa shape index (κ2) is 8.93. The van der Waals surface area contributed by atoms with Gasteiger partial charge in [-0.15, -0.1) is 8.78 Å². The number of aliphatic hydroxyl groups is 2. The molecule has 0 unspecified atom stereocenters. The summed E-state index contributed by atoms with van der Waals surface area (Å²) in [5.74, 6) is -1.30. The summed E-state index contributed by atoms with van der Waals surface area (Å²) < 4.78 is 55.9. The number of ether oxygens (including phenoxy) is 3. The molecule has 1 aliphatic heterocycles. The van der Waals surface area contributed by atoms with Crippen LogP contribution < -0.4 is 14.8 Å². The minimum Gasteiger partial charge on any atom is -0.395 e. The van der Waals surface area contributed by atoms with Gasteiger partial charge in [0.1, 0.15) is 5.82 Å². The molecule has 1 fully saturated rings. The lowest BCUT2D eigenvalue weighted by Crippen LogP contribution is -2.28. The van der Waals surface area contributed by atoms with E-state index in [1.165, 1.54) is 18.2 Å². The third-order valence-corrected chi connectivity index (χ3v) is 6.96. The summed E-state index contributed by atoms with van der Waals surface area (Å²) in [6.07, 6.45) is -3.75. The van der Waals surface area contributed by atoms with Gasteiger partial charge in [-0.25, -0.2) is 4.39 Å². The molecule has 3 aromatic rings. The minimum absolute atomic E-state index is 0. The SMILES string of the molecule is CC(C)(CCOCC(O)O)c1cc2cc(NC(=O)C3(c4ccc5c(c4)OC(F)(F)O5)CC3)c(F)cc2[nH]1.[HH].[HH].[HH]. The fourth-order valence-electron chi connectivity index (χ4n) is 4.53. The van der Waals surface area contributed by atoms with E-state index in [0.29, 0.717) is 42.3 Å². The van der Waals surface area contributed by atoms with Crippen molar-refractivity contribution >= 4 is 22.5 Å². The first-order chi connectivity index (χ1) is 17.4. The Balaban J connectivity index is 0.00000187. The molecular formula is C26H33F3N2O6. The molecule has 8 nitrogen and oxygen atoms in total. The molecule has 0 spiro atoms. The highest BCUT2D eigenvalue weighted by atomic mass is 19.3. The van der Waals surface area contributed by atoms with Gasteiger partial charge in [0.2, 0.25) is 5.91 Å². The van der Waals surface area contributed by atoms with E-state index in [4.69, 9.17) is 14.9 Å². The Morgan fingerprint density at radius 3 is 2.62 bits per heavy atom. The van der Waals surface area contributed by atoms with Crippen LogP contribution in [0.4, 0.5) is 18.9 Å². The number of hydrogen-bond donors (Lipinski definition) is 4. The van der Waals surface area contributed by atoms with Gasteiger partial charge < -0.3 is 34.7 Å². The molecule has 0 bridgehead atoms. The van der Waals surface area contributed by atoms with Gasteiger partial charge >= 0.3 is 6.29 Å². The number of rotatable bonds is 9. The molecule has 37 heavy (non-hydrogen) atoms. The number of carbonyl (C=O) groups is 1. The molecule has 0 saturated heterocycles. The van der Waals surface area contributed by atoms with Gasteiger partial charge in [-0.2, -0.15) is 0 Å². The Hall–Kier alpha value is -3.28. The normalized spacial score (nSPS) is 17.4. The summed E-state index contributed by atoms with van der Waals surface area (Å²) in [6, 6.07) is 8.98. The Morgan fingerprint density at radius 2 is 1.92 bits per heavy atom. The maximum absolute atomic E-state index is 15.0. The van der Waals surface area contributed by atoms with Gasteiger partial charge in [0.15, 0.2) is 17.8 Å². The van der Waals surface area contributed by atoms with Crippen molar-refractivity contribution in [1.82, 2.24) is 4.98 Å². The van der Waals surface area contributed by atoms with Crippen molar-refractivity contribution in [1.29, 1.82) is 0 Å². The molecule has 4 N–H and O–H groups in total. The number of alkyl halides is 2. The van der Waals surface area contributed by atoms with Crippen molar-refractivity contribution in [2.75, 3.05) is 18.5 Å². The summed E-state index contributed by atoms with van der Waals surface area (Å²) in [6.45, 7) is 4.08. The first kappa shape index (κ1) is 25.4. The van der Waals surface area contributed by atoms with Crippen LogP contribution in [0.15, 0.2) is 36.4 Å². The van der Waals surface area contributed by atoms with Gasteiger partial charge in [0.05, 0.1) is 17.7 Å². The van der Waals surface area contributed by atoms with Crippen LogP contribution in [0.5, 0.6) is 11.5 Å². The number of fused-ring (bicyclic) bond motifs is 2. The molecule has 1 aliphatic carbocycles. The highest BCUT2D eigenvalue weighted by molar-refractivity contribution is 6.02. The highest BCUT2D eigenvalue weighted by Crippen LogP contribution is 2.52. The van der Waals surface area contributed by atoms with Crippen molar-refractivity contribution in [2.24, 2.45) is 0 Å². The summed E-state index contributed by atoms with van der Waals surface area (Å²) >= 11 is 0. The topological polar surface area (TPSA) is 113 Å². The summed E-state index contributed by atoms with van der Waals surface area (Å²) in [5.41, 5.74) is 0.545. The van der Waals surface area contributed by atoms with E-state index in [1.54, 1.807) is 12.1 Å². The number of hydrogen-bond acceptors (Lipinski definition) is 6. The largest absolute Gasteiger partial charge is 0.586 e. The van der Waals surface area contributed by atoms with Crippen LogP contribution in [-0.4, -0.2) is 46.9 Å². The molecule has 2 aromatic carbocycles. The molecule has 0 radical (unpaired) electrons. The maximum Gasteiger partial charge on any atom is 0.586 e. The maximum atomic E-state index is 15.0. The summed E-state index contributed by atoms with van der Waals surface area (Å²) in [7, 11) is 0. The molecule has 204 valence electrons. The molecule has 1 saturated carbocycles. The van der Waals surface area contributed by atoms with Crippen LogP contribution in [0.2, 0.25) is 0 Å². The van der Waals surface area contributed by atoms with Crippen LogP contribution in [0.1, 0.15) is 48.6 Å². The van der Waals surface area contributed by atoms with Crippen molar-refractivity contribution in [3.8, 4) is 11.5 Å². The molecule has 11 heteroatoms. The first-order valence-electron chi connectivity index (χ1n) is 11.9. The fraction of sp³-hybridized carbons (Fsp3) is 0.423. The van der Waals surface area contributed by atoms with E-state index in [2.05, 4.69) is 19.8 Å². The van der Waals surface area contributed by atoms with Crippen LogP contribution in [0.3, 0.4) is 0 Å². The number of aromatic nitrogens is 1. The number of aromatic amines is 1. The van der Waals surface area contributed by atoms with Gasteiger partial charge in [0.25, 0.3) is 0 Å². The number of aliphatic hydroxyl groups excluding tert-OH is 1. The average Bonchev–Trinajstić information content (AvgIpc) is 3.42. The predicted molar refractivity (Wildman–Crippen MR) is 133 cm³/mol. The number of amides is 1. The molecule has 5 rings (SSSR count). The zero-order valence-corrected chi connectivity index (χ0v) is 20.2. The Bertz CT molecular complexity index is 1360. The quantitative estimate of drug-likeness (QED) is 0.230. The van der Waals surface area contributed by atoms with Gasteiger partial charge in [-0.1, -0.05) is 19.9 Å². The first-order valence-corrected chi connectivity index (χ1v) is 11.9. The molecule has 1 amide bonds. The Kier molecular flexibility index (Phi) is 6.12. The lowest BCUT2D eigenvalue weighted by atomic mass is 9.86. The van der Waals surface area contributed by atoms with Crippen LogP contribution >= 0.6 is 0 Å². The standard InChI is InChI=1S/C26H27F3N2O6.3H2/c1-24(2,7-8-35-13-22(32)33)21-10-14-9-18(16(27)12-17(14)30-21)31-23(34)25(5-6-25)15-3-4-19-20(11-15)37-26(28,29)36-19;;;/h3-4,9-12,22,30,32-33H,5-8,13H2,1-2H3,(H,31,34);3*1H. The number of carbonyl (C=O) groups excluding carboxylic acids is 1. The predicted octanol–water partition coefficient (Wildman–Crippen LogP) is 5.03. The number of benzene rings is 2. The monoisotopic (exact) mass is 526 g/mol. The van der Waals surface area contributed by atoms with Crippen molar-refractivity contribution in [3.05, 3.63) is 53.5 Å². The highest BCUT2D eigenvalue weighted by Gasteiger charge is 2.53. The zero-order valence-electron chi connectivity index (χ0n) is 20.2. The van der Waals surface area contributed by atoms with E-state index < -0.39 is 29.7 Å². The molecule has 0 atom stereocenters. The average molecular weight is 527 g/mol. The lowest BCUT2D eigenvalue weighted by molar-refractivity contribution is -0.286. The Labute approximate surface area is 214 Å². The second-order valence-electron chi connectivity index (χ2n) is 10.2. The van der Waals surface area contributed by atoms with E-state index >= 15 is 0 Å². The smallest absolute Gasteiger partial charge is 0.395 e. The van der Waals surface area contributed by atoms with Crippen molar-refractivity contribution in [3.63, 3.8) is 0 Å². The molecule has 2 heterocycles. The van der Waals surface area contributed by atoms with Crippen LogP contribution in [0.25, 0.3) is 10.9 Å². The third kappa shape index (κ3) is 4.98. The zero-order chi connectivity index (χ0) is 26.6. The lowest BCUT2D eigenvalue weighted by Gasteiger charge is -2.23. The molecule has 2 aliphatic rings. The van der Waals surface area contributed by atoms with Gasteiger partial charge in [-0.3, -0.25) is 4.79 Å². The van der Waals surface area contributed by atoms with E-state index in [0.717, 1.165) is 5.69 Å². The van der Waals surface area contributed by atoms with E-state index in [1.807, 2.05) is 19.9 Å². The summed E-state index contributed by atoms with van der Waals surface area (Å²) in [5, 5.41) is 21.2.